The van der Waals surface area contributed by atoms with Gasteiger partial charge < -0.3 is 10.1 Å². The normalized spacial score (nSPS) is 19.4. The summed E-state index contributed by atoms with van der Waals surface area (Å²) in [6.07, 6.45) is 1.70. The molecule has 0 aliphatic carbocycles. The first kappa shape index (κ1) is 10.2. The summed E-state index contributed by atoms with van der Waals surface area (Å²) in [6.45, 7) is 1.04. The van der Waals surface area contributed by atoms with Crippen LogP contribution in [0.3, 0.4) is 0 Å². The number of hydrogen-bond donors (Lipinski definition) is 1. The number of benzene rings is 1. The summed E-state index contributed by atoms with van der Waals surface area (Å²) >= 11 is 0. The minimum absolute atomic E-state index is 0.186. The first-order valence-electron chi connectivity index (χ1n) is 5.20. The maximum absolute atomic E-state index is 11.8. The van der Waals surface area contributed by atoms with E-state index in [2.05, 4.69) is 5.32 Å². The van der Waals surface area contributed by atoms with Gasteiger partial charge in [-0.2, -0.15) is 0 Å². The largest absolute Gasteiger partial charge is 0.497 e. The highest BCUT2D eigenvalue weighted by atomic mass is 16.5. The van der Waals surface area contributed by atoms with Crippen molar-refractivity contribution in [1.82, 2.24) is 5.32 Å². The van der Waals surface area contributed by atoms with Crippen molar-refractivity contribution in [2.75, 3.05) is 13.7 Å². The summed E-state index contributed by atoms with van der Waals surface area (Å²) in [5, 5.41) is 3.22. The molecule has 0 radical (unpaired) electrons. The van der Waals surface area contributed by atoms with E-state index in [9.17, 15) is 4.79 Å². The van der Waals surface area contributed by atoms with Gasteiger partial charge in [-0.3, -0.25) is 4.79 Å². The molecule has 80 valence electrons. The Hall–Kier alpha value is -1.35. The molecule has 1 atom stereocenters. The van der Waals surface area contributed by atoms with Crippen molar-refractivity contribution in [1.29, 1.82) is 0 Å². The summed E-state index contributed by atoms with van der Waals surface area (Å²) in [4.78, 5) is 11.8. The van der Waals surface area contributed by atoms with Crippen LogP contribution in [-0.4, -0.2) is 25.5 Å². The van der Waals surface area contributed by atoms with Crippen molar-refractivity contribution in [2.45, 2.75) is 18.9 Å². The lowest BCUT2D eigenvalue weighted by atomic mass is 9.97. The Morgan fingerprint density at radius 2 is 2.40 bits per heavy atom. The quantitative estimate of drug-likeness (QED) is 0.759. The standard InChI is InChI=1S/C12H15NO2/c1-15-11-4-2-3-9(7-11)12(14)8-10-5-6-13-10/h2-4,7,10,13H,5-6,8H2,1H3. The van der Waals surface area contributed by atoms with E-state index in [-0.39, 0.29) is 5.78 Å². The van der Waals surface area contributed by atoms with Crippen LogP contribution in [0.4, 0.5) is 0 Å². The molecule has 1 unspecified atom stereocenters. The number of methoxy groups -OCH3 is 1. The Labute approximate surface area is 89.4 Å². The predicted molar refractivity (Wildman–Crippen MR) is 58.3 cm³/mol. The Morgan fingerprint density at radius 1 is 1.60 bits per heavy atom. The Bertz CT molecular complexity index is 358. The number of nitrogens with one attached hydrogen (secondary N) is 1. The van der Waals surface area contributed by atoms with Crippen LogP contribution in [0.5, 0.6) is 5.75 Å². The maximum Gasteiger partial charge on any atom is 0.164 e. The van der Waals surface area contributed by atoms with Crippen LogP contribution in [-0.2, 0) is 0 Å². The summed E-state index contributed by atoms with van der Waals surface area (Å²) < 4.78 is 5.08. The molecule has 1 aliphatic heterocycles. The third-order valence-corrected chi connectivity index (χ3v) is 2.75. The summed E-state index contributed by atoms with van der Waals surface area (Å²) in [5.41, 5.74) is 0.739. The van der Waals surface area contributed by atoms with Gasteiger partial charge in [0.05, 0.1) is 7.11 Å². The van der Waals surface area contributed by atoms with Crippen molar-refractivity contribution in [2.24, 2.45) is 0 Å². The molecule has 1 fully saturated rings. The molecule has 1 saturated heterocycles. The fourth-order valence-electron chi connectivity index (χ4n) is 1.66. The summed E-state index contributed by atoms with van der Waals surface area (Å²) in [5.74, 6) is 0.925. The zero-order valence-electron chi connectivity index (χ0n) is 8.82. The van der Waals surface area contributed by atoms with Gasteiger partial charge in [0.1, 0.15) is 5.75 Å². The van der Waals surface area contributed by atoms with Crippen LogP contribution >= 0.6 is 0 Å². The smallest absolute Gasteiger partial charge is 0.164 e. The molecule has 3 heteroatoms. The van der Waals surface area contributed by atoms with Crippen LogP contribution in [0, 0.1) is 0 Å². The second kappa shape index (κ2) is 4.45. The second-order valence-electron chi connectivity index (χ2n) is 3.80. The highest BCUT2D eigenvalue weighted by molar-refractivity contribution is 5.96. The molecule has 0 aromatic heterocycles. The number of hydrogen-bond acceptors (Lipinski definition) is 3. The molecule has 1 aromatic carbocycles. The number of ether oxygens (including phenoxy) is 1. The molecule has 1 heterocycles. The van der Waals surface area contributed by atoms with E-state index in [0.29, 0.717) is 12.5 Å². The van der Waals surface area contributed by atoms with Crippen LogP contribution in [0.15, 0.2) is 24.3 Å². The van der Waals surface area contributed by atoms with Gasteiger partial charge in [0.25, 0.3) is 0 Å². The Kier molecular flexibility index (Phi) is 3.02. The first-order chi connectivity index (χ1) is 7.29. The van der Waals surface area contributed by atoms with Crippen LogP contribution in [0.2, 0.25) is 0 Å². The lowest BCUT2D eigenvalue weighted by molar-refractivity contribution is 0.0955. The van der Waals surface area contributed by atoms with Gasteiger partial charge in [0.15, 0.2) is 5.78 Å². The van der Waals surface area contributed by atoms with Crippen molar-refractivity contribution >= 4 is 5.78 Å². The Balaban J connectivity index is 2.03. The minimum Gasteiger partial charge on any atom is -0.497 e. The predicted octanol–water partition coefficient (Wildman–Crippen LogP) is 1.63. The van der Waals surface area contributed by atoms with E-state index < -0.39 is 0 Å². The van der Waals surface area contributed by atoms with Crippen LogP contribution < -0.4 is 10.1 Å². The van der Waals surface area contributed by atoms with Crippen molar-refractivity contribution in [3.05, 3.63) is 29.8 Å². The highest BCUT2D eigenvalue weighted by Gasteiger charge is 2.20. The minimum atomic E-state index is 0.186. The number of Topliss-reactive ketones (excluding diaryl/α,β-unsaturated/α-hetero) is 1. The summed E-state index contributed by atoms with van der Waals surface area (Å²) in [6, 6.07) is 7.70. The third-order valence-electron chi connectivity index (χ3n) is 2.75. The van der Waals surface area contributed by atoms with E-state index in [1.165, 1.54) is 0 Å². The van der Waals surface area contributed by atoms with E-state index in [4.69, 9.17) is 4.74 Å². The van der Waals surface area contributed by atoms with E-state index >= 15 is 0 Å². The molecule has 0 amide bonds. The first-order valence-corrected chi connectivity index (χ1v) is 5.20. The average molecular weight is 205 g/mol. The fraction of sp³-hybridized carbons (Fsp3) is 0.417. The topological polar surface area (TPSA) is 38.3 Å². The molecule has 0 spiro atoms. The zero-order chi connectivity index (χ0) is 10.7. The summed E-state index contributed by atoms with van der Waals surface area (Å²) in [7, 11) is 1.61. The molecule has 1 aliphatic rings. The number of rotatable bonds is 4. The molecule has 15 heavy (non-hydrogen) atoms. The number of carbonyl (C=O) groups excluding carboxylic acids is 1. The van der Waals surface area contributed by atoms with Gasteiger partial charge in [-0.15, -0.1) is 0 Å². The van der Waals surface area contributed by atoms with Crippen molar-refractivity contribution in [3.8, 4) is 5.75 Å². The van der Waals surface area contributed by atoms with Crippen LogP contribution in [0.1, 0.15) is 23.2 Å². The van der Waals surface area contributed by atoms with Gasteiger partial charge in [-0.25, -0.2) is 0 Å². The lowest BCUT2D eigenvalue weighted by Gasteiger charge is -2.26. The zero-order valence-corrected chi connectivity index (χ0v) is 8.82. The fourth-order valence-corrected chi connectivity index (χ4v) is 1.66. The van der Waals surface area contributed by atoms with Gasteiger partial charge in [-0.05, 0) is 25.1 Å². The number of carbonyl (C=O) groups is 1. The molecule has 2 rings (SSSR count). The van der Waals surface area contributed by atoms with E-state index in [0.717, 1.165) is 24.3 Å². The van der Waals surface area contributed by atoms with Crippen molar-refractivity contribution < 1.29 is 9.53 Å². The maximum atomic E-state index is 11.8. The van der Waals surface area contributed by atoms with Crippen molar-refractivity contribution in [3.63, 3.8) is 0 Å². The molecular weight excluding hydrogens is 190 g/mol. The molecule has 1 N–H and O–H groups in total. The molecule has 0 bridgehead atoms. The molecule has 3 nitrogen and oxygen atoms in total. The lowest BCUT2D eigenvalue weighted by Crippen LogP contribution is -2.44. The Morgan fingerprint density at radius 3 is 3.00 bits per heavy atom. The molecule has 0 saturated carbocycles. The number of ketones is 1. The SMILES string of the molecule is COc1cccc(C(=O)CC2CCN2)c1. The van der Waals surface area contributed by atoms with Crippen LogP contribution in [0.25, 0.3) is 0 Å². The van der Waals surface area contributed by atoms with Gasteiger partial charge in [-0.1, -0.05) is 12.1 Å². The second-order valence-corrected chi connectivity index (χ2v) is 3.80. The van der Waals surface area contributed by atoms with E-state index in [1.54, 1.807) is 13.2 Å². The highest BCUT2D eigenvalue weighted by Crippen LogP contribution is 2.16. The monoisotopic (exact) mass is 205 g/mol. The third kappa shape index (κ3) is 2.36. The van der Waals surface area contributed by atoms with Gasteiger partial charge in [0, 0.05) is 18.0 Å². The van der Waals surface area contributed by atoms with Gasteiger partial charge >= 0.3 is 0 Å². The average Bonchev–Trinajstić information content (AvgIpc) is 2.23. The van der Waals surface area contributed by atoms with Gasteiger partial charge in [0.2, 0.25) is 0 Å². The van der Waals surface area contributed by atoms with E-state index in [1.807, 2.05) is 18.2 Å². The molecular formula is C12H15NO2. The molecule has 1 aromatic rings.